The van der Waals surface area contributed by atoms with Crippen LogP contribution < -0.4 is 15.0 Å². The van der Waals surface area contributed by atoms with Crippen LogP contribution in [0.15, 0.2) is 59.7 Å². The fraction of sp³-hybridized carbons (Fsp3) is 0.0952. The highest BCUT2D eigenvalue weighted by atomic mass is 32.2. The molecule has 4 rings (SSSR count). The van der Waals surface area contributed by atoms with Gasteiger partial charge in [0.1, 0.15) is 17.1 Å². The van der Waals surface area contributed by atoms with Crippen molar-refractivity contribution in [1.82, 2.24) is 14.3 Å². The average Bonchev–Trinajstić information content (AvgIpc) is 3.22. The van der Waals surface area contributed by atoms with Gasteiger partial charge in [-0.2, -0.15) is 0 Å². The van der Waals surface area contributed by atoms with Crippen molar-refractivity contribution in [2.75, 3.05) is 0 Å². The summed E-state index contributed by atoms with van der Waals surface area (Å²) in [6, 6.07) is 9.57. The van der Waals surface area contributed by atoms with Crippen molar-refractivity contribution >= 4 is 22.2 Å². The van der Waals surface area contributed by atoms with Crippen molar-refractivity contribution in [3.8, 4) is 22.6 Å². The van der Waals surface area contributed by atoms with Gasteiger partial charge in [0.05, 0.1) is 0 Å². The molecule has 4 aromatic rings. The van der Waals surface area contributed by atoms with Crippen LogP contribution in [0.3, 0.4) is 0 Å². The van der Waals surface area contributed by atoms with Crippen molar-refractivity contribution in [2.24, 2.45) is 7.05 Å². The minimum Gasteiger partial charge on any atom is -0.760 e. The molecule has 0 radical (unpaired) electrons. The Bertz CT molecular complexity index is 1370. The van der Waals surface area contributed by atoms with Crippen LogP contribution in [0.5, 0.6) is 11.5 Å². The number of fused-ring (bicyclic) bond motifs is 1. The summed E-state index contributed by atoms with van der Waals surface area (Å²) in [7, 11) is 1.60. The van der Waals surface area contributed by atoms with Crippen molar-refractivity contribution < 1.29 is 22.3 Å². The molecule has 160 valence electrons. The van der Waals surface area contributed by atoms with E-state index in [1.807, 2.05) is 0 Å². The number of pyridine rings is 1. The molecule has 0 bridgehead atoms. The second-order valence-corrected chi connectivity index (χ2v) is 7.55. The molecule has 0 saturated heterocycles. The summed E-state index contributed by atoms with van der Waals surface area (Å²) in [5.41, 5.74) is 1.88. The minimum absolute atomic E-state index is 0.0242. The molecule has 10 heteroatoms. The smallest absolute Gasteiger partial charge is 0.274 e. The van der Waals surface area contributed by atoms with Crippen LogP contribution in [-0.4, -0.2) is 18.3 Å². The van der Waals surface area contributed by atoms with E-state index in [2.05, 4.69) is 9.71 Å². The van der Waals surface area contributed by atoms with Crippen LogP contribution >= 0.6 is 0 Å². The first-order valence-electron chi connectivity index (χ1n) is 9.09. The Morgan fingerprint density at radius 3 is 2.65 bits per heavy atom. The van der Waals surface area contributed by atoms with Gasteiger partial charge in [0.2, 0.25) is 0 Å². The summed E-state index contributed by atoms with van der Waals surface area (Å²) < 4.78 is 58.6. The highest BCUT2D eigenvalue weighted by Gasteiger charge is 2.17. The fourth-order valence-corrected chi connectivity index (χ4v) is 3.57. The van der Waals surface area contributed by atoms with Gasteiger partial charge in [-0.05, 0) is 35.9 Å². The van der Waals surface area contributed by atoms with Crippen LogP contribution in [-0.2, 0) is 24.9 Å². The maximum Gasteiger partial charge on any atom is 0.274 e. The minimum atomic E-state index is -2.45. The molecular formula is C21H16F2N3O4S-. The second-order valence-electron chi connectivity index (χ2n) is 6.79. The third-order valence-corrected chi connectivity index (χ3v) is 5.12. The third kappa shape index (κ3) is 4.26. The lowest BCUT2D eigenvalue weighted by atomic mass is 10.0. The number of H-pyrrole nitrogens is 1. The number of aryl methyl sites for hydroxylation is 1. The van der Waals surface area contributed by atoms with E-state index in [9.17, 15) is 22.3 Å². The topological polar surface area (TPSA) is 99.2 Å². The molecule has 2 aromatic carbocycles. The summed E-state index contributed by atoms with van der Waals surface area (Å²) in [5.74, 6) is -1.53. The van der Waals surface area contributed by atoms with Gasteiger partial charge in [-0.15, -0.1) is 0 Å². The number of aromatic nitrogens is 2. The Hall–Kier alpha value is -3.34. The fourth-order valence-electron chi connectivity index (χ4n) is 3.29. The van der Waals surface area contributed by atoms with Gasteiger partial charge >= 0.3 is 0 Å². The standard InChI is InChI=1S/C21H17F2N3O4S/c1-26-11-16(14-6-7-24-20(14)21(26)27)15-8-12(10-25-31(28)29)2-4-18(15)30-19-5-3-13(22)9-17(19)23/h2-9,11,24-25H,10H2,1H3,(H,28,29)/p-1. The predicted molar refractivity (Wildman–Crippen MR) is 111 cm³/mol. The molecule has 0 fully saturated rings. The molecule has 31 heavy (non-hydrogen) atoms. The van der Waals surface area contributed by atoms with Gasteiger partial charge in [-0.1, -0.05) is 6.07 Å². The third-order valence-electron chi connectivity index (χ3n) is 4.74. The van der Waals surface area contributed by atoms with Gasteiger partial charge in [-0.25, -0.2) is 13.5 Å². The summed E-state index contributed by atoms with van der Waals surface area (Å²) in [6.07, 6.45) is 3.24. The Kier molecular flexibility index (Phi) is 5.68. The number of hydrogen-bond donors (Lipinski definition) is 2. The number of hydrogen-bond acceptors (Lipinski definition) is 4. The lowest BCUT2D eigenvalue weighted by molar-refractivity contribution is 0.439. The average molecular weight is 444 g/mol. The number of ether oxygens (including phenoxy) is 1. The largest absolute Gasteiger partial charge is 0.760 e. The van der Waals surface area contributed by atoms with E-state index in [4.69, 9.17) is 4.74 Å². The lowest BCUT2D eigenvalue weighted by Gasteiger charge is -2.16. The molecule has 0 aliphatic heterocycles. The SMILES string of the molecule is Cn1cc(-c2cc(CNS(=O)[O-])ccc2Oc2ccc(F)cc2F)c2cc[nH]c2c1=O. The van der Waals surface area contributed by atoms with Gasteiger partial charge in [0.15, 0.2) is 11.6 Å². The van der Waals surface area contributed by atoms with Crippen molar-refractivity contribution in [3.05, 3.63) is 82.4 Å². The molecule has 7 nitrogen and oxygen atoms in total. The van der Waals surface area contributed by atoms with Crippen LogP contribution in [0, 0.1) is 11.6 Å². The Balaban J connectivity index is 1.88. The highest BCUT2D eigenvalue weighted by molar-refractivity contribution is 7.77. The summed E-state index contributed by atoms with van der Waals surface area (Å²) in [5, 5.41) is 0.616. The molecule has 1 atom stereocenters. The monoisotopic (exact) mass is 444 g/mol. The first-order valence-corrected chi connectivity index (χ1v) is 10.2. The number of halogens is 2. The molecule has 0 aliphatic carbocycles. The van der Waals surface area contributed by atoms with Crippen molar-refractivity contribution in [3.63, 3.8) is 0 Å². The highest BCUT2D eigenvalue weighted by Crippen LogP contribution is 2.37. The Morgan fingerprint density at radius 1 is 1.13 bits per heavy atom. The van der Waals surface area contributed by atoms with Crippen LogP contribution in [0.2, 0.25) is 0 Å². The first-order chi connectivity index (χ1) is 14.8. The molecule has 2 aromatic heterocycles. The lowest BCUT2D eigenvalue weighted by Crippen LogP contribution is -2.17. The number of rotatable bonds is 6. The van der Waals surface area contributed by atoms with E-state index >= 15 is 0 Å². The molecule has 2 heterocycles. The zero-order valence-corrected chi connectivity index (χ0v) is 17.0. The molecule has 0 amide bonds. The molecule has 2 N–H and O–H groups in total. The molecule has 0 aliphatic rings. The molecule has 0 saturated carbocycles. The summed E-state index contributed by atoms with van der Waals surface area (Å²) in [6.45, 7) is 0.0242. The Morgan fingerprint density at radius 2 is 1.90 bits per heavy atom. The molecular weight excluding hydrogens is 428 g/mol. The van der Waals surface area contributed by atoms with Gasteiger partial charge in [0, 0.05) is 59.8 Å². The van der Waals surface area contributed by atoms with E-state index in [1.165, 1.54) is 10.6 Å². The van der Waals surface area contributed by atoms with E-state index < -0.39 is 22.9 Å². The maximum absolute atomic E-state index is 14.2. The maximum atomic E-state index is 14.2. The summed E-state index contributed by atoms with van der Waals surface area (Å²) >= 11 is -2.45. The van der Waals surface area contributed by atoms with Gasteiger partial charge in [-0.3, -0.25) is 9.00 Å². The van der Waals surface area contributed by atoms with E-state index in [0.717, 1.165) is 6.07 Å². The number of nitrogens with one attached hydrogen (secondary N) is 2. The van der Waals surface area contributed by atoms with Crippen molar-refractivity contribution in [2.45, 2.75) is 6.54 Å². The number of nitrogens with zero attached hydrogens (tertiary/aromatic N) is 1. The van der Waals surface area contributed by atoms with Crippen LogP contribution in [0.1, 0.15) is 5.56 Å². The van der Waals surface area contributed by atoms with E-state index in [-0.39, 0.29) is 23.6 Å². The molecule has 1 unspecified atom stereocenters. The Labute approximate surface area is 177 Å². The van der Waals surface area contributed by atoms with Gasteiger partial charge in [0.25, 0.3) is 5.56 Å². The number of aromatic amines is 1. The zero-order valence-electron chi connectivity index (χ0n) is 16.1. The zero-order chi connectivity index (χ0) is 22.1. The summed E-state index contributed by atoms with van der Waals surface area (Å²) in [4.78, 5) is 15.3. The quantitative estimate of drug-likeness (QED) is 0.445. The predicted octanol–water partition coefficient (Wildman–Crippen LogP) is 3.49. The van der Waals surface area contributed by atoms with Gasteiger partial charge < -0.3 is 18.8 Å². The number of benzene rings is 2. The van der Waals surface area contributed by atoms with Crippen LogP contribution in [0.25, 0.3) is 22.0 Å². The van der Waals surface area contributed by atoms with E-state index in [1.54, 1.807) is 43.7 Å². The normalized spacial score (nSPS) is 12.3. The van der Waals surface area contributed by atoms with E-state index in [0.29, 0.717) is 33.7 Å². The second kappa shape index (κ2) is 8.42. The van der Waals surface area contributed by atoms with Crippen molar-refractivity contribution in [1.29, 1.82) is 0 Å². The van der Waals surface area contributed by atoms with Crippen LogP contribution in [0.4, 0.5) is 8.78 Å². The molecule has 0 spiro atoms. The first kappa shape index (κ1) is 20.9.